The zero-order chi connectivity index (χ0) is 17.6. The molecule has 3 aromatic rings. The van der Waals surface area contributed by atoms with Gasteiger partial charge in [-0.15, -0.1) is 0 Å². The van der Waals surface area contributed by atoms with Gasteiger partial charge in [-0.05, 0) is 29.8 Å². The first-order chi connectivity index (χ1) is 12.1. The molecular formula is C20H17N3O2. The normalized spacial score (nSPS) is 10.1. The largest absolute Gasteiger partial charge is 0.326 e. The highest BCUT2D eigenvalue weighted by atomic mass is 16.2. The summed E-state index contributed by atoms with van der Waals surface area (Å²) in [5, 5.41) is 5.46. The molecule has 25 heavy (non-hydrogen) atoms. The Morgan fingerprint density at radius 2 is 1.52 bits per heavy atom. The van der Waals surface area contributed by atoms with Crippen LogP contribution in [-0.2, 0) is 4.79 Å². The minimum atomic E-state index is -0.306. The molecule has 0 bridgehead atoms. The summed E-state index contributed by atoms with van der Waals surface area (Å²) in [6.45, 7) is 1.43. The Hall–Kier alpha value is -3.47. The van der Waals surface area contributed by atoms with Gasteiger partial charge in [-0.25, -0.2) is 0 Å². The summed E-state index contributed by atoms with van der Waals surface area (Å²) in [5.41, 5.74) is 3.53. The molecule has 0 radical (unpaired) electrons. The third-order valence-electron chi connectivity index (χ3n) is 3.54. The number of hydrogen-bond acceptors (Lipinski definition) is 3. The number of pyridine rings is 1. The minimum absolute atomic E-state index is 0.165. The van der Waals surface area contributed by atoms with E-state index in [-0.39, 0.29) is 11.8 Å². The molecule has 0 aliphatic rings. The molecule has 2 aromatic carbocycles. The van der Waals surface area contributed by atoms with E-state index in [0.29, 0.717) is 17.1 Å². The molecule has 0 atom stereocenters. The van der Waals surface area contributed by atoms with Gasteiger partial charge in [0.05, 0.1) is 0 Å². The molecule has 0 aliphatic carbocycles. The summed E-state index contributed by atoms with van der Waals surface area (Å²) in [6.07, 6.45) is 1.68. The number of benzene rings is 2. The maximum Gasteiger partial charge on any atom is 0.274 e. The Kier molecular flexibility index (Phi) is 4.85. The van der Waals surface area contributed by atoms with E-state index in [9.17, 15) is 9.59 Å². The highest BCUT2D eigenvalue weighted by molar-refractivity contribution is 6.03. The second kappa shape index (κ2) is 7.40. The second-order valence-corrected chi connectivity index (χ2v) is 5.51. The Bertz CT molecular complexity index is 890. The molecule has 0 spiro atoms. The molecule has 1 heterocycles. The van der Waals surface area contributed by atoms with Crippen LogP contribution < -0.4 is 10.6 Å². The van der Waals surface area contributed by atoms with Crippen molar-refractivity contribution in [3.63, 3.8) is 0 Å². The summed E-state index contributed by atoms with van der Waals surface area (Å²) in [6, 6.07) is 20.4. The van der Waals surface area contributed by atoms with Gasteiger partial charge < -0.3 is 10.6 Å². The number of nitrogens with zero attached hydrogens (tertiary/aromatic N) is 1. The van der Waals surface area contributed by atoms with E-state index in [1.54, 1.807) is 36.5 Å². The topological polar surface area (TPSA) is 71.1 Å². The van der Waals surface area contributed by atoms with Gasteiger partial charge >= 0.3 is 0 Å². The molecule has 2 N–H and O–H groups in total. The van der Waals surface area contributed by atoms with Crippen LogP contribution in [0.4, 0.5) is 11.4 Å². The van der Waals surface area contributed by atoms with Crippen LogP contribution in [0.1, 0.15) is 17.4 Å². The van der Waals surface area contributed by atoms with Crippen LogP contribution in [0.5, 0.6) is 0 Å². The van der Waals surface area contributed by atoms with Crippen molar-refractivity contribution in [3.8, 4) is 11.1 Å². The lowest BCUT2D eigenvalue weighted by atomic mass is 10.1. The third kappa shape index (κ3) is 4.29. The number of carbonyl (C=O) groups is 2. The predicted octanol–water partition coefficient (Wildman–Crippen LogP) is 3.96. The summed E-state index contributed by atoms with van der Waals surface area (Å²) in [7, 11) is 0. The highest BCUT2D eigenvalue weighted by Crippen LogP contribution is 2.19. The number of rotatable bonds is 4. The smallest absolute Gasteiger partial charge is 0.274 e. The SMILES string of the molecule is CC(=O)Nc1cccc(NC(=O)c2ccc(-c3ccccc3)cn2)c1. The lowest BCUT2D eigenvalue weighted by Gasteiger charge is -2.08. The average Bonchev–Trinajstić information content (AvgIpc) is 2.62. The number of nitrogens with one attached hydrogen (secondary N) is 2. The van der Waals surface area contributed by atoms with Crippen LogP contribution in [0.2, 0.25) is 0 Å². The van der Waals surface area contributed by atoms with Crippen molar-refractivity contribution in [1.29, 1.82) is 0 Å². The van der Waals surface area contributed by atoms with Gasteiger partial charge in [-0.2, -0.15) is 0 Å². The van der Waals surface area contributed by atoms with Crippen molar-refractivity contribution in [2.75, 3.05) is 10.6 Å². The minimum Gasteiger partial charge on any atom is -0.326 e. The fourth-order valence-corrected chi connectivity index (χ4v) is 2.40. The summed E-state index contributed by atoms with van der Waals surface area (Å²) in [5.74, 6) is -0.471. The molecule has 1 aromatic heterocycles. The van der Waals surface area contributed by atoms with Crippen LogP contribution in [0, 0.1) is 0 Å². The number of aromatic nitrogens is 1. The van der Waals surface area contributed by atoms with E-state index in [1.807, 2.05) is 36.4 Å². The van der Waals surface area contributed by atoms with Crippen molar-refractivity contribution in [1.82, 2.24) is 4.98 Å². The molecule has 124 valence electrons. The second-order valence-electron chi connectivity index (χ2n) is 5.51. The van der Waals surface area contributed by atoms with Crippen molar-refractivity contribution >= 4 is 23.2 Å². The van der Waals surface area contributed by atoms with E-state index in [2.05, 4.69) is 15.6 Å². The first kappa shape index (κ1) is 16.4. The van der Waals surface area contributed by atoms with Crippen LogP contribution in [0.25, 0.3) is 11.1 Å². The van der Waals surface area contributed by atoms with E-state index in [4.69, 9.17) is 0 Å². The Balaban J connectivity index is 1.72. The quantitative estimate of drug-likeness (QED) is 0.760. The number of anilines is 2. The van der Waals surface area contributed by atoms with E-state index < -0.39 is 0 Å². The molecule has 0 saturated heterocycles. The maximum absolute atomic E-state index is 12.3. The Morgan fingerprint density at radius 1 is 0.800 bits per heavy atom. The van der Waals surface area contributed by atoms with Gasteiger partial charge in [0.1, 0.15) is 5.69 Å². The predicted molar refractivity (Wildman–Crippen MR) is 98.4 cm³/mol. The third-order valence-corrected chi connectivity index (χ3v) is 3.54. The van der Waals surface area contributed by atoms with Crippen LogP contribution >= 0.6 is 0 Å². The molecule has 5 heteroatoms. The van der Waals surface area contributed by atoms with Crippen molar-refractivity contribution in [2.24, 2.45) is 0 Å². The fourth-order valence-electron chi connectivity index (χ4n) is 2.40. The standard InChI is InChI=1S/C20H17N3O2/c1-14(24)22-17-8-5-9-18(12-17)23-20(25)19-11-10-16(13-21-19)15-6-3-2-4-7-15/h2-13H,1H3,(H,22,24)(H,23,25). The number of carbonyl (C=O) groups excluding carboxylic acids is 2. The molecule has 0 fully saturated rings. The van der Waals surface area contributed by atoms with Gasteiger partial charge in [0.2, 0.25) is 5.91 Å². The number of amides is 2. The van der Waals surface area contributed by atoms with E-state index in [1.165, 1.54) is 6.92 Å². The first-order valence-corrected chi connectivity index (χ1v) is 7.82. The summed E-state index contributed by atoms with van der Waals surface area (Å²) < 4.78 is 0. The maximum atomic E-state index is 12.3. The van der Waals surface area contributed by atoms with Crippen molar-refractivity contribution in [2.45, 2.75) is 6.92 Å². The molecule has 0 saturated carbocycles. The van der Waals surface area contributed by atoms with Gasteiger partial charge in [-0.1, -0.05) is 42.5 Å². The van der Waals surface area contributed by atoms with Crippen LogP contribution in [-0.4, -0.2) is 16.8 Å². The molecular weight excluding hydrogens is 314 g/mol. The van der Waals surface area contributed by atoms with Crippen LogP contribution in [0.3, 0.4) is 0 Å². The van der Waals surface area contributed by atoms with Crippen molar-refractivity contribution < 1.29 is 9.59 Å². The average molecular weight is 331 g/mol. The van der Waals surface area contributed by atoms with Gasteiger partial charge in [0, 0.05) is 30.1 Å². The molecule has 0 aliphatic heterocycles. The first-order valence-electron chi connectivity index (χ1n) is 7.82. The molecule has 0 unspecified atom stereocenters. The van der Waals surface area contributed by atoms with E-state index in [0.717, 1.165) is 11.1 Å². The van der Waals surface area contributed by atoms with E-state index >= 15 is 0 Å². The molecule has 5 nitrogen and oxygen atoms in total. The zero-order valence-electron chi connectivity index (χ0n) is 13.7. The summed E-state index contributed by atoms with van der Waals surface area (Å²) in [4.78, 5) is 27.7. The number of hydrogen-bond donors (Lipinski definition) is 2. The van der Waals surface area contributed by atoms with Gasteiger partial charge in [0.25, 0.3) is 5.91 Å². The molecule has 2 amide bonds. The monoisotopic (exact) mass is 331 g/mol. The lowest BCUT2D eigenvalue weighted by Crippen LogP contribution is -2.14. The van der Waals surface area contributed by atoms with Crippen molar-refractivity contribution in [3.05, 3.63) is 78.6 Å². The van der Waals surface area contributed by atoms with Gasteiger partial charge in [0.15, 0.2) is 0 Å². The highest BCUT2D eigenvalue weighted by Gasteiger charge is 2.09. The fraction of sp³-hybridized carbons (Fsp3) is 0.0500. The van der Waals surface area contributed by atoms with Crippen LogP contribution in [0.15, 0.2) is 72.9 Å². The Labute approximate surface area is 145 Å². The van der Waals surface area contributed by atoms with Gasteiger partial charge in [-0.3, -0.25) is 14.6 Å². The lowest BCUT2D eigenvalue weighted by molar-refractivity contribution is -0.114. The summed E-state index contributed by atoms with van der Waals surface area (Å²) >= 11 is 0. The Morgan fingerprint density at radius 3 is 2.16 bits per heavy atom. The molecule has 3 rings (SSSR count). The zero-order valence-corrected chi connectivity index (χ0v) is 13.7.